The van der Waals surface area contributed by atoms with Crippen molar-refractivity contribution in [3.8, 4) is 0 Å². The predicted octanol–water partition coefficient (Wildman–Crippen LogP) is 0.118. The lowest BCUT2D eigenvalue weighted by atomic mass is 10.1. The van der Waals surface area contributed by atoms with Crippen LogP contribution in [0.3, 0.4) is 0 Å². The molecule has 1 aromatic carbocycles. The average molecular weight is 366 g/mol. The summed E-state index contributed by atoms with van der Waals surface area (Å²) in [7, 11) is 0. The fourth-order valence-electron chi connectivity index (χ4n) is 3.30. The highest BCUT2D eigenvalue weighted by Gasteiger charge is 2.24. The molecule has 0 aliphatic carbocycles. The van der Waals surface area contributed by atoms with E-state index in [4.69, 9.17) is 5.73 Å². The van der Waals surface area contributed by atoms with Gasteiger partial charge in [-0.3, -0.25) is 9.48 Å². The van der Waals surface area contributed by atoms with Gasteiger partial charge in [0.05, 0.1) is 12.7 Å². The smallest absolute Gasteiger partial charge is 0.276 e. The highest BCUT2D eigenvalue weighted by Crippen LogP contribution is 2.14. The van der Waals surface area contributed by atoms with Crippen LogP contribution in [0.1, 0.15) is 27.7 Å². The summed E-state index contributed by atoms with van der Waals surface area (Å²) < 4.78 is 3.73. The molecule has 9 nitrogen and oxygen atoms in total. The Kier molecular flexibility index (Phi) is 4.93. The van der Waals surface area contributed by atoms with E-state index in [1.807, 2.05) is 18.2 Å². The second-order valence-electron chi connectivity index (χ2n) is 6.54. The highest BCUT2D eigenvalue weighted by atomic mass is 16.2. The van der Waals surface area contributed by atoms with E-state index in [0.717, 1.165) is 18.1 Å². The number of carbonyl (C=O) groups excluding carboxylic acids is 1. The molecule has 1 amide bonds. The van der Waals surface area contributed by atoms with Crippen LogP contribution in [-0.2, 0) is 25.9 Å². The lowest BCUT2D eigenvalue weighted by Gasteiger charge is -2.18. The normalized spacial score (nSPS) is 14.0. The molecule has 1 aliphatic rings. The number of hydrogen-bond acceptors (Lipinski definition) is 6. The molecule has 0 saturated carbocycles. The second kappa shape index (κ2) is 7.67. The van der Waals surface area contributed by atoms with E-state index in [-0.39, 0.29) is 5.91 Å². The van der Waals surface area contributed by atoms with Crippen LogP contribution in [0.15, 0.2) is 36.5 Å². The third-order valence-electron chi connectivity index (χ3n) is 4.71. The monoisotopic (exact) mass is 366 g/mol. The molecule has 2 aromatic heterocycles. The first-order valence-corrected chi connectivity index (χ1v) is 9.09. The Labute approximate surface area is 156 Å². The molecule has 140 valence electrons. The lowest BCUT2D eigenvalue weighted by molar-refractivity contribution is 0.0752. The van der Waals surface area contributed by atoms with Crippen molar-refractivity contribution in [2.24, 2.45) is 5.73 Å². The topological polar surface area (TPSA) is 108 Å². The molecular weight excluding hydrogens is 344 g/mol. The number of carbonyl (C=O) groups is 1. The quantitative estimate of drug-likeness (QED) is 0.687. The molecule has 0 spiro atoms. The van der Waals surface area contributed by atoms with Crippen LogP contribution in [0.2, 0.25) is 0 Å². The molecule has 4 rings (SSSR count). The fourth-order valence-corrected chi connectivity index (χ4v) is 3.30. The summed E-state index contributed by atoms with van der Waals surface area (Å²) in [6.45, 7) is 2.86. The lowest BCUT2D eigenvalue weighted by Crippen LogP contribution is -2.34. The Morgan fingerprint density at radius 1 is 1.07 bits per heavy atom. The minimum absolute atomic E-state index is 0.110. The number of nitrogens with two attached hydrogens (primary N) is 1. The Morgan fingerprint density at radius 2 is 1.93 bits per heavy atom. The van der Waals surface area contributed by atoms with E-state index >= 15 is 0 Å². The summed E-state index contributed by atoms with van der Waals surface area (Å²) in [6.07, 6.45) is 3.06. The molecule has 0 bridgehead atoms. The number of aromatic nitrogens is 6. The van der Waals surface area contributed by atoms with Crippen molar-refractivity contribution >= 4 is 5.91 Å². The van der Waals surface area contributed by atoms with Crippen molar-refractivity contribution in [2.75, 3.05) is 19.6 Å². The van der Waals surface area contributed by atoms with Gasteiger partial charge in [-0.2, -0.15) is 0 Å². The van der Waals surface area contributed by atoms with E-state index in [0.29, 0.717) is 44.8 Å². The van der Waals surface area contributed by atoms with Crippen LogP contribution < -0.4 is 5.73 Å². The molecule has 9 heteroatoms. The van der Waals surface area contributed by atoms with Crippen LogP contribution in [0.4, 0.5) is 0 Å². The van der Waals surface area contributed by atoms with Crippen molar-refractivity contribution in [3.05, 3.63) is 59.4 Å². The summed E-state index contributed by atoms with van der Waals surface area (Å²) in [5.74, 6) is 1.74. The number of hydrogen-bond donors (Lipinski definition) is 1. The molecule has 0 saturated heterocycles. The predicted molar refractivity (Wildman–Crippen MR) is 98.0 cm³/mol. The first-order valence-electron chi connectivity index (χ1n) is 9.09. The number of fused-ring (bicyclic) bond motifs is 1. The van der Waals surface area contributed by atoms with Crippen molar-refractivity contribution in [1.29, 1.82) is 0 Å². The molecule has 0 unspecified atom stereocenters. The summed E-state index contributed by atoms with van der Waals surface area (Å²) in [4.78, 5) is 14.6. The van der Waals surface area contributed by atoms with E-state index in [1.165, 1.54) is 5.56 Å². The van der Waals surface area contributed by atoms with E-state index in [1.54, 1.807) is 15.8 Å². The second-order valence-corrected chi connectivity index (χ2v) is 6.54. The number of benzene rings is 1. The molecule has 2 N–H and O–H groups in total. The third kappa shape index (κ3) is 3.72. The molecule has 27 heavy (non-hydrogen) atoms. The SMILES string of the molecule is NCCn1cc(C(=O)N2CCc3nnc(Cc4ccccc4)n3CC2)nn1. The third-order valence-corrected chi connectivity index (χ3v) is 4.71. The first-order chi connectivity index (χ1) is 13.2. The molecule has 0 atom stereocenters. The summed E-state index contributed by atoms with van der Waals surface area (Å²) in [5, 5.41) is 16.6. The minimum Gasteiger partial charge on any atom is -0.335 e. The van der Waals surface area contributed by atoms with Crippen LogP contribution in [0, 0.1) is 0 Å². The van der Waals surface area contributed by atoms with Crippen LogP contribution in [0.25, 0.3) is 0 Å². The van der Waals surface area contributed by atoms with E-state index in [2.05, 4.69) is 37.2 Å². The zero-order valence-electron chi connectivity index (χ0n) is 15.0. The van der Waals surface area contributed by atoms with Gasteiger partial charge in [-0.1, -0.05) is 35.5 Å². The van der Waals surface area contributed by atoms with Crippen molar-refractivity contribution in [1.82, 2.24) is 34.7 Å². The number of rotatable bonds is 5. The van der Waals surface area contributed by atoms with Crippen molar-refractivity contribution in [3.63, 3.8) is 0 Å². The summed E-state index contributed by atoms with van der Waals surface area (Å²) in [5.41, 5.74) is 7.06. The van der Waals surface area contributed by atoms with Gasteiger partial charge in [0.2, 0.25) is 0 Å². The molecule has 3 aromatic rings. The zero-order chi connectivity index (χ0) is 18.6. The maximum atomic E-state index is 12.8. The summed E-state index contributed by atoms with van der Waals surface area (Å²) >= 11 is 0. The maximum absolute atomic E-state index is 12.8. The molecule has 0 radical (unpaired) electrons. The minimum atomic E-state index is -0.110. The van der Waals surface area contributed by atoms with Crippen LogP contribution >= 0.6 is 0 Å². The van der Waals surface area contributed by atoms with Gasteiger partial charge in [-0.05, 0) is 5.56 Å². The Balaban J connectivity index is 1.46. The van der Waals surface area contributed by atoms with Crippen molar-refractivity contribution < 1.29 is 4.79 Å². The average Bonchev–Trinajstić information content (AvgIpc) is 3.24. The molecule has 3 heterocycles. The highest BCUT2D eigenvalue weighted by molar-refractivity contribution is 5.91. The molecule has 0 fully saturated rings. The van der Waals surface area contributed by atoms with Gasteiger partial charge < -0.3 is 15.2 Å². The molecular formula is C18H22N8O. The Bertz CT molecular complexity index is 917. The maximum Gasteiger partial charge on any atom is 0.276 e. The van der Waals surface area contributed by atoms with Gasteiger partial charge in [0.1, 0.15) is 11.6 Å². The van der Waals surface area contributed by atoms with Crippen LogP contribution in [-0.4, -0.2) is 60.2 Å². The van der Waals surface area contributed by atoms with E-state index in [9.17, 15) is 4.79 Å². The number of amides is 1. The first kappa shape index (κ1) is 17.3. The standard InChI is InChI=1S/C18H22N8O/c19-7-9-25-13-15(20-23-25)18(27)24-8-6-16-21-22-17(26(16)11-10-24)12-14-4-2-1-3-5-14/h1-5,13H,6-12,19H2. The van der Waals surface area contributed by atoms with Gasteiger partial charge in [-0.25, -0.2) is 0 Å². The van der Waals surface area contributed by atoms with Gasteiger partial charge in [0.15, 0.2) is 5.69 Å². The fraction of sp³-hybridized carbons (Fsp3) is 0.389. The van der Waals surface area contributed by atoms with Gasteiger partial charge >= 0.3 is 0 Å². The Morgan fingerprint density at radius 3 is 2.74 bits per heavy atom. The van der Waals surface area contributed by atoms with Gasteiger partial charge in [-0.15, -0.1) is 15.3 Å². The largest absolute Gasteiger partial charge is 0.335 e. The van der Waals surface area contributed by atoms with Gasteiger partial charge in [0, 0.05) is 39.0 Å². The summed E-state index contributed by atoms with van der Waals surface area (Å²) in [6, 6.07) is 10.2. The van der Waals surface area contributed by atoms with Gasteiger partial charge in [0.25, 0.3) is 5.91 Å². The van der Waals surface area contributed by atoms with Crippen LogP contribution in [0.5, 0.6) is 0 Å². The zero-order valence-corrected chi connectivity index (χ0v) is 15.0. The number of nitrogens with zero attached hydrogens (tertiary/aromatic N) is 7. The molecule has 1 aliphatic heterocycles. The van der Waals surface area contributed by atoms with Crippen molar-refractivity contribution in [2.45, 2.75) is 25.9 Å². The Hall–Kier alpha value is -3.07. The van der Waals surface area contributed by atoms with E-state index < -0.39 is 0 Å².